The number of oxazole rings is 1. The fourth-order valence-corrected chi connectivity index (χ4v) is 3.25. The van der Waals surface area contributed by atoms with Crippen molar-refractivity contribution in [2.24, 2.45) is 5.73 Å². The molecule has 0 saturated carbocycles. The van der Waals surface area contributed by atoms with Gasteiger partial charge in [0.05, 0.1) is 6.20 Å². The van der Waals surface area contributed by atoms with E-state index in [0.717, 1.165) is 0 Å². The number of carbonyl (C=O) groups is 3. The van der Waals surface area contributed by atoms with E-state index in [4.69, 9.17) is 10.2 Å². The number of nitrogens with zero attached hydrogens (tertiary/aromatic N) is 3. The summed E-state index contributed by atoms with van der Waals surface area (Å²) < 4.78 is 5.33. The average molecular weight is 385 g/mol. The molecule has 0 atom stereocenters. The first-order valence-corrected chi connectivity index (χ1v) is 9.00. The largest absolute Gasteiger partial charge is 0.418 e. The van der Waals surface area contributed by atoms with Gasteiger partial charge in [0.1, 0.15) is 0 Å². The summed E-state index contributed by atoms with van der Waals surface area (Å²) in [6.45, 7) is 1.05. The summed E-state index contributed by atoms with van der Waals surface area (Å²) in [6, 6.07) is 6.60. The monoisotopic (exact) mass is 385 g/mol. The Kier molecular flexibility index (Phi) is 5.62. The van der Waals surface area contributed by atoms with Crippen LogP contribution in [0.15, 0.2) is 34.9 Å². The molecule has 0 bridgehead atoms. The van der Waals surface area contributed by atoms with Gasteiger partial charge in [-0.05, 0) is 37.1 Å². The number of benzene rings is 1. The third-order valence-corrected chi connectivity index (χ3v) is 4.97. The number of amides is 3. The highest BCUT2D eigenvalue weighted by Crippen LogP contribution is 2.20. The van der Waals surface area contributed by atoms with E-state index in [9.17, 15) is 14.4 Å². The lowest BCUT2D eigenvalue weighted by molar-refractivity contribution is 0.0552. The average Bonchev–Trinajstić information content (AvgIpc) is 3.21. The van der Waals surface area contributed by atoms with Gasteiger partial charge >= 0.3 is 0 Å². The molecule has 3 amide bonds. The van der Waals surface area contributed by atoms with Crippen molar-refractivity contribution in [2.45, 2.75) is 18.9 Å². The van der Waals surface area contributed by atoms with Gasteiger partial charge in [-0.2, -0.15) is 0 Å². The molecule has 9 nitrogen and oxygen atoms in total. The van der Waals surface area contributed by atoms with Crippen molar-refractivity contribution < 1.29 is 18.8 Å². The van der Waals surface area contributed by atoms with E-state index in [2.05, 4.69) is 10.3 Å². The van der Waals surface area contributed by atoms with E-state index in [0.29, 0.717) is 43.1 Å². The Hall–Kier alpha value is -3.36. The molecule has 0 unspecified atom stereocenters. The van der Waals surface area contributed by atoms with Crippen LogP contribution < -0.4 is 11.1 Å². The quantitative estimate of drug-likeness (QED) is 0.797. The SMILES string of the molecule is CNc1ncc(C(=O)N2CCC(N(C)C(=O)c3ccc(C(N)=O)cc3)CC2)o1. The van der Waals surface area contributed by atoms with Gasteiger partial charge in [0.25, 0.3) is 17.8 Å². The van der Waals surface area contributed by atoms with Crippen molar-refractivity contribution in [3.63, 3.8) is 0 Å². The van der Waals surface area contributed by atoms with E-state index in [1.54, 1.807) is 48.2 Å². The highest BCUT2D eigenvalue weighted by Gasteiger charge is 2.29. The molecule has 1 saturated heterocycles. The van der Waals surface area contributed by atoms with Gasteiger partial charge in [-0.1, -0.05) is 0 Å². The topological polar surface area (TPSA) is 122 Å². The van der Waals surface area contributed by atoms with E-state index < -0.39 is 5.91 Å². The third kappa shape index (κ3) is 3.98. The Bertz CT molecular complexity index is 869. The molecule has 1 aromatic heterocycles. The lowest BCUT2D eigenvalue weighted by Crippen LogP contribution is -2.47. The van der Waals surface area contributed by atoms with Crippen molar-refractivity contribution in [1.82, 2.24) is 14.8 Å². The molecule has 0 aliphatic carbocycles. The second-order valence-electron chi connectivity index (χ2n) is 6.66. The highest BCUT2D eigenvalue weighted by molar-refractivity contribution is 5.97. The summed E-state index contributed by atoms with van der Waals surface area (Å²) in [7, 11) is 3.42. The fourth-order valence-electron chi connectivity index (χ4n) is 3.25. The van der Waals surface area contributed by atoms with Crippen molar-refractivity contribution in [1.29, 1.82) is 0 Å². The zero-order chi connectivity index (χ0) is 20.3. The molecule has 2 heterocycles. The van der Waals surface area contributed by atoms with E-state index in [-0.39, 0.29) is 23.6 Å². The van der Waals surface area contributed by atoms with Crippen LogP contribution in [0.5, 0.6) is 0 Å². The van der Waals surface area contributed by atoms with Gasteiger partial charge in [-0.3, -0.25) is 14.4 Å². The number of piperidine rings is 1. The fraction of sp³-hybridized carbons (Fsp3) is 0.368. The minimum absolute atomic E-state index is 0.0231. The first-order valence-electron chi connectivity index (χ1n) is 9.00. The van der Waals surface area contributed by atoms with Gasteiger partial charge in [0.15, 0.2) is 0 Å². The van der Waals surface area contributed by atoms with Gasteiger partial charge in [-0.25, -0.2) is 4.98 Å². The first-order chi connectivity index (χ1) is 13.4. The minimum atomic E-state index is -0.530. The summed E-state index contributed by atoms with van der Waals surface area (Å²) in [6.07, 6.45) is 2.74. The molecular weight excluding hydrogens is 362 g/mol. The molecule has 1 fully saturated rings. The number of primary amides is 1. The number of nitrogens with two attached hydrogens (primary N) is 1. The highest BCUT2D eigenvalue weighted by atomic mass is 16.4. The molecule has 28 heavy (non-hydrogen) atoms. The Morgan fingerprint density at radius 3 is 2.32 bits per heavy atom. The normalized spacial score (nSPS) is 14.6. The van der Waals surface area contributed by atoms with Gasteiger partial charge < -0.3 is 25.3 Å². The van der Waals surface area contributed by atoms with Crippen LogP contribution in [-0.4, -0.2) is 65.7 Å². The summed E-state index contributed by atoms with van der Waals surface area (Å²) in [4.78, 5) is 43.7. The molecule has 3 N–H and O–H groups in total. The lowest BCUT2D eigenvalue weighted by atomic mass is 10.0. The van der Waals surface area contributed by atoms with Crippen molar-refractivity contribution in [3.05, 3.63) is 47.3 Å². The number of rotatable bonds is 5. The van der Waals surface area contributed by atoms with E-state index in [1.165, 1.54) is 6.20 Å². The number of hydrogen-bond acceptors (Lipinski definition) is 6. The zero-order valence-corrected chi connectivity index (χ0v) is 15.8. The van der Waals surface area contributed by atoms with Crippen LogP contribution in [-0.2, 0) is 0 Å². The smallest absolute Gasteiger partial charge is 0.294 e. The molecule has 9 heteroatoms. The van der Waals surface area contributed by atoms with Crippen LogP contribution in [0.25, 0.3) is 0 Å². The first kappa shape index (κ1) is 19.4. The second-order valence-corrected chi connectivity index (χ2v) is 6.66. The molecule has 1 aliphatic heterocycles. The van der Waals surface area contributed by atoms with Crippen LogP contribution in [0.3, 0.4) is 0 Å². The lowest BCUT2D eigenvalue weighted by Gasteiger charge is -2.36. The predicted molar refractivity (Wildman–Crippen MR) is 102 cm³/mol. The van der Waals surface area contributed by atoms with Gasteiger partial charge in [0.2, 0.25) is 11.7 Å². The molecule has 148 valence electrons. The maximum absolute atomic E-state index is 12.7. The minimum Gasteiger partial charge on any atom is -0.418 e. The van der Waals surface area contributed by atoms with Crippen LogP contribution in [0.2, 0.25) is 0 Å². The number of likely N-dealkylation sites (tertiary alicyclic amines) is 1. The Balaban J connectivity index is 1.58. The van der Waals surface area contributed by atoms with Crippen LogP contribution in [0.4, 0.5) is 6.01 Å². The number of hydrogen-bond donors (Lipinski definition) is 2. The molecule has 0 spiro atoms. The molecule has 1 aromatic carbocycles. The van der Waals surface area contributed by atoms with E-state index >= 15 is 0 Å². The summed E-state index contributed by atoms with van der Waals surface area (Å²) in [5.41, 5.74) is 6.08. The molecule has 0 radical (unpaired) electrons. The van der Waals surface area contributed by atoms with Crippen molar-refractivity contribution >= 4 is 23.7 Å². The maximum atomic E-state index is 12.7. The molecular formula is C19H23N5O4. The summed E-state index contributed by atoms with van der Waals surface area (Å²) in [5, 5.41) is 2.75. The summed E-state index contributed by atoms with van der Waals surface area (Å²) in [5.74, 6) is -0.669. The molecule has 3 rings (SSSR count). The molecule has 1 aliphatic rings. The number of nitrogens with one attached hydrogen (secondary N) is 1. The summed E-state index contributed by atoms with van der Waals surface area (Å²) >= 11 is 0. The second kappa shape index (κ2) is 8.12. The predicted octanol–water partition coefficient (Wildman–Crippen LogP) is 1.19. The van der Waals surface area contributed by atoms with Crippen molar-refractivity contribution in [2.75, 3.05) is 32.5 Å². The zero-order valence-electron chi connectivity index (χ0n) is 15.8. The standard InChI is InChI=1S/C19H23N5O4/c1-21-19-22-11-15(28-19)18(27)24-9-7-14(8-10-24)23(2)17(26)13-5-3-12(4-6-13)16(20)25/h3-6,11,14H,7-10H2,1-2H3,(H2,20,25)(H,21,22). The van der Waals surface area contributed by atoms with Crippen LogP contribution in [0.1, 0.15) is 44.1 Å². The van der Waals surface area contributed by atoms with Crippen molar-refractivity contribution in [3.8, 4) is 0 Å². The van der Waals surface area contributed by atoms with Gasteiger partial charge in [0, 0.05) is 44.4 Å². The maximum Gasteiger partial charge on any atom is 0.294 e. The number of anilines is 1. The van der Waals surface area contributed by atoms with Crippen LogP contribution >= 0.6 is 0 Å². The van der Waals surface area contributed by atoms with Gasteiger partial charge in [-0.15, -0.1) is 0 Å². The number of carbonyl (C=O) groups excluding carboxylic acids is 3. The van der Waals surface area contributed by atoms with Crippen LogP contribution in [0, 0.1) is 0 Å². The Morgan fingerprint density at radius 1 is 1.18 bits per heavy atom. The molecule has 2 aromatic rings. The van der Waals surface area contributed by atoms with E-state index in [1.807, 2.05) is 0 Å². The number of aromatic nitrogens is 1. The Labute approximate surface area is 162 Å². The third-order valence-electron chi connectivity index (χ3n) is 4.97. The Morgan fingerprint density at radius 2 is 1.79 bits per heavy atom.